The van der Waals surface area contributed by atoms with Crippen molar-refractivity contribution in [3.05, 3.63) is 227 Å². The van der Waals surface area contributed by atoms with E-state index in [4.69, 9.17) is 23.4 Å². The summed E-state index contributed by atoms with van der Waals surface area (Å²) < 4.78 is 34.9. The monoisotopic (exact) mass is 1280 g/mol. The normalized spacial score (nSPS) is 33.2. The molecule has 16 atom stereocenters. The predicted octanol–water partition coefficient (Wildman–Crippen LogP) is 14.2. The lowest BCUT2D eigenvalue weighted by molar-refractivity contribution is -0.210. The molecule has 12 nitrogen and oxygen atoms in total. The van der Waals surface area contributed by atoms with Gasteiger partial charge in [-0.2, -0.15) is 0 Å². The maximum atomic E-state index is 16.4. The first-order valence-electron chi connectivity index (χ1n) is 35.7. The van der Waals surface area contributed by atoms with Gasteiger partial charge in [0.05, 0.1) is 25.4 Å². The van der Waals surface area contributed by atoms with Gasteiger partial charge >= 0.3 is 17.6 Å². The lowest BCUT2D eigenvalue weighted by atomic mass is 9.48. The van der Waals surface area contributed by atoms with Gasteiger partial charge in [-0.15, -0.1) is 0 Å². The van der Waals surface area contributed by atoms with E-state index in [0.717, 1.165) is 49.7 Å². The zero-order valence-corrected chi connectivity index (χ0v) is 54.2. The summed E-state index contributed by atoms with van der Waals surface area (Å²) in [5, 5.41) is 43.7. The molecule has 12 bridgehead atoms. The summed E-state index contributed by atoms with van der Waals surface area (Å²) in [5.41, 5.74) is 12.6. The SMILES string of the molecule is O=C1CC2CC(c3cccc4c3CCC3CCCC5C=Cc6ccccc6C453)C=CC2c2ccc3c(c2)C2CCC3CC3=C(CO)CC#CCC4=CC5C(CC6C5(C=CCC65Oc6ccc7c(CO)c(C(CCO)COCO)c(=O)oc7c6C(O1)C5OC3=O)C2)c1ccccc14. The van der Waals surface area contributed by atoms with Crippen molar-refractivity contribution in [2.45, 2.75) is 168 Å². The highest BCUT2D eigenvalue weighted by atomic mass is 16.6. The Labute approximate surface area is 559 Å². The van der Waals surface area contributed by atoms with Gasteiger partial charge in [0, 0.05) is 83.3 Å². The van der Waals surface area contributed by atoms with Crippen LogP contribution in [0.2, 0.25) is 0 Å². The second kappa shape index (κ2) is 23.4. The van der Waals surface area contributed by atoms with Crippen molar-refractivity contribution in [1.29, 1.82) is 0 Å². The van der Waals surface area contributed by atoms with Gasteiger partial charge in [0.15, 0.2) is 17.8 Å². The second-order valence-corrected chi connectivity index (χ2v) is 30.1. The first-order valence-corrected chi connectivity index (χ1v) is 35.7. The van der Waals surface area contributed by atoms with Crippen molar-refractivity contribution in [1.82, 2.24) is 0 Å². The number of rotatable bonds is 9. The van der Waals surface area contributed by atoms with Crippen LogP contribution in [0.25, 0.3) is 22.6 Å². The molecule has 5 aromatic carbocycles. The molecule has 12 heteroatoms. The summed E-state index contributed by atoms with van der Waals surface area (Å²) in [4.78, 5) is 47.9. The molecule has 8 aliphatic carbocycles. The Hall–Kier alpha value is -7.89. The Kier molecular flexibility index (Phi) is 14.8. The molecule has 5 aliphatic heterocycles. The first kappa shape index (κ1) is 60.5. The number of ether oxygens (including phenoxy) is 4. The molecule has 4 N–H and O–H groups in total. The van der Waals surface area contributed by atoms with Crippen LogP contribution >= 0.6 is 0 Å². The zero-order chi connectivity index (χ0) is 64.8. The van der Waals surface area contributed by atoms with E-state index in [2.05, 4.69) is 139 Å². The molecule has 6 aromatic rings. The third-order valence-corrected chi connectivity index (χ3v) is 26.2. The number of benzene rings is 5. The van der Waals surface area contributed by atoms with Crippen molar-refractivity contribution in [3.63, 3.8) is 0 Å². The molecule has 6 heterocycles. The van der Waals surface area contributed by atoms with E-state index in [9.17, 15) is 20.4 Å². The zero-order valence-electron chi connectivity index (χ0n) is 54.2. The fraction of sp³-hybridized carbons (Fsp3) is 0.440. The molecule has 0 amide bonds. The van der Waals surface area contributed by atoms with Gasteiger partial charge in [-0.05, 0) is 197 Å². The molecule has 2 spiro atoms. The van der Waals surface area contributed by atoms with Crippen LogP contribution in [0.15, 0.2) is 154 Å². The topological polar surface area (TPSA) is 182 Å². The van der Waals surface area contributed by atoms with E-state index >= 15 is 14.4 Å². The summed E-state index contributed by atoms with van der Waals surface area (Å²) in [6.45, 7) is -2.13. The smallest absolute Gasteiger partial charge is 0.340 e. The third-order valence-electron chi connectivity index (χ3n) is 26.2. The summed E-state index contributed by atoms with van der Waals surface area (Å²) in [6.07, 6.45) is 24.9. The molecule has 19 rings (SSSR count). The highest BCUT2D eigenvalue weighted by Crippen LogP contribution is 2.71. The summed E-state index contributed by atoms with van der Waals surface area (Å²) >= 11 is 0. The van der Waals surface area contributed by atoms with E-state index in [0.29, 0.717) is 53.4 Å². The highest BCUT2D eigenvalue weighted by Gasteiger charge is 2.70. The Morgan fingerprint density at radius 1 is 0.760 bits per heavy atom. The molecule has 490 valence electrons. The van der Waals surface area contributed by atoms with E-state index in [1.54, 1.807) is 6.07 Å². The van der Waals surface area contributed by atoms with Crippen LogP contribution in [0.4, 0.5) is 0 Å². The van der Waals surface area contributed by atoms with Gasteiger partial charge in [-0.25, -0.2) is 9.59 Å². The number of hydrogen-bond acceptors (Lipinski definition) is 12. The fourth-order valence-electron chi connectivity index (χ4n) is 22.3. The second-order valence-electron chi connectivity index (χ2n) is 30.1. The third kappa shape index (κ3) is 8.94. The number of allylic oxidation sites excluding steroid dienone is 6. The fourth-order valence-corrected chi connectivity index (χ4v) is 22.3. The van der Waals surface area contributed by atoms with Crippen LogP contribution in [0, 0.1) is 46.8 Å². The lowest BCUT2D eigenvalue weighted by Gasteiger charge is -2.56. The van der Waals surface area contributed by atoms with Gasteiger partial charge in [-0.1, -0.05) is 146 Å². The van der Waals surface area contributed by atoms with Gasteiger partial charge in [0.25, 0.3) is 0 Å². The Morgan fingerprint density at radius 3 is 2.50 bits per heavy atom. The van der Waals surface area contributed by atoms with Gasteiger partial charge in [0.2, 0.25) is 0 Å². The standard InChI is InChI=1S/C84H82O12/c85-35-32-54(45-92-46-88)75-68(44-87)64-30-31-72-76(77(64)94-81(75)91)78-79-83(96-72)34-9-33-82-42-52-21-20-51(38-66(80(90)95-79)53(43-86)12-2-1-11-48-39-71(82)67(41-73(82)83)62-16-5-4-15-59(48)62)61-28-24-50(37-65(52)61)58-27-23-49(36-55(58)40-74(89)93-78)60-17-8-19-70-63(60)29-26-57-14-7-13-56-25-22-47-10-3-6-18-69(47)84(56,57)70/h3-6,8-10,15-19,22-25,27-28,30-31,33,37,39,49,51-52,54-58,67,71,73,78-79,85-88H,7,11-14,20-21,26,29,32,34-36,38,40-46H2. The van der Waals surface area contributed by atoms with Gasteiger partial charge in [0.1, 0.15) is 18.1 Å². The minimum absolute atomic E-state index is 0.00495. The molecule has 1 aromatic heterocycles. The van der Waals surface area contributed by atoms with Crippen LogP contribution in [0.5, 0.6) is 5.75 Å². The number of esters is 2. The average molecular weight is 1280 g/mol. The largest absolute Gasteiger partial charge is 0.482 e. The number of fused-ring (bicyclic) bond motifs is 13. The molecule has 3 fully saturated rings. The maximum absolute atomic E-state index is 16.4. The molecule has 13 aliphatic rings. The van der Waals surface area contributed by atoms with E-state index in [-0.39, 0.29) is 120 Å². The van der Waals surface area contributed by atoms with Crippen molar-refractivity contribution in [2.75, 3.05) is 26.6 Å². The summed E-state index contributed by atoms with van der Waals surface area (Å²) in [7, 11) is 0. The minimum Gasteiger partial charge on any atom is -0.482 e. The lowest BCUT2D eigenvalue weighted by Crippen LogP contribution is -2.64. The van der Waals surface area contributed by atoms with Crippen molar-refractivity contribution in [3.8, 4) is 17.6 Å². The summed E-state index contributed by atoms with van der Waals surface area (Å²) in [5.74, 6) is 5.39. The van der Waals surface area contributed by atoms with E-state index < -0.39 is 66.7 Å². The Morgan fingerprint density at radius 2 is 1.61 bits per heavy atom. The first-order chi connectivity index (χ1) is 47.1. The number of hydrogen-bond donors (Lipinski definition) is 4. The van der Waals surface area contributed by atoms with Crippen molar-refractivity contribution >= 4 is 34.6 Å². The van der Waals surface area contributed by atoms with Crippen LogP contribution in [0.1, 0.15) is 210 Å². The molecular weight excluding hydrogens is 1200 g/mol. The number of aliphatic hydroxyl groups excluding tert-OH is 4. The maximum Gasteiger partial charge on any atom is 0.340 e. The van der Waals surface area contributed by atoms with Crippen LogP contribution < -0.4 is 10.4 Å². The molecular formula is C84H82O12. The minimum atomic E-state index is -1.43. The van der Waals surface area contributed by atoms with E-state index in [1.165, 1.54) is 62.9 Å². The molecule has 0 radical (unpaired) electrons. The Balaban J connectivity index is 0.871. The van der Waals surface area contributed by atoms with E-state index in [1.807, 2.05) is 6.07 Å². The highest BCUT2D eigenvalue weighted by molar-refractivity contribution is 5.91. The molecule has 1 saturated heterocycles. The number of aliphatic hydroxyl groups is 4. The van der Waals surface area contributed by atoms with Gasteiger partial charge < -0.3 is 43.8 Å². The van der Waals surface area contributed by atoms with Crippen LogP contribution in [0.3, 0.4) is 0 Å². The van der Waals surface area contributed by atoms with Crippen molar-refractivity contribution < 1.29 is 53.4 Å². The number of carbonyl (C=O) groups excluding carboxylic acids is 2. The molecule has 96 heavy (non-hydrogen) atoms. The molecule has 16 unspecified atom stereocenters. The van der Waals surface area contributed by atoms with Gasteiger partial charge in [-0.3, -0.25) is 4.79 Å². The number of carbonyl (C=O) groups is 2. The van der Waals surface area contributed by atoms with Crippen LogP contribution in [-0.4, -0.2) is 70.7 Å². The quantitative estimate of drug-likeness (QED) is 0.0354. The average Bonchev–Trinajstić information content (AvgIpc) is 1.39. The molecule has 2 saturated carbocycles. The van der Waals surface area contributed by atoms with Crippen LogP contribution in [-0.2, 0) is 42.2 Å². The Bertz CT molecular complexity index is 4530. The summed E-state index contributed by atoms with van der Waals surface area (Å²) in [6, 6.07) is 35.6. The predicted molar refractivity (Wildman–Crippen MR) is 364 cm³/mol. The van der Waals surface area contributed by atoms with Crippen molar-refractivity contribution in [2.24, 2.45) is 35.0 Å².